The van der Waals surface area contributed by atoms with Gasteiger partial charge in [0.25, 0.3) is 0 Å². The third-order valence-electron chi connectivity index (χ3n) is 4.63. The Kier molecular flexibility index (Phi) is 3.67. The second-order valence-electron chi connectivity index (χ2n) is 6.14. The molecule has 5 rings (SSSR count). The summed E-state index contributed by atoms with van der Waals surface area (Å²) in [5.74, 6) is 0.427. The largest absolute Gasteiger partial charge is 0.347 e. The van der Waals surface area contributed by atoms with E-state index in [2.05, 4.69) is 24.8 Å². The molecule has 2 bridgehead atoms. The van der Waals surface area contributed by atoms with Crippen LogP contribution in [0.1, 0.15) is 24.2 Å². The van der Waals surface area contributed by atoms with E-state index in [1.165, 1.54) is 0 Å². The van der Waals surface area contributed by atoms with Gasteiger partial charge in [-0.3, -0.25) is 9.69 Å². The molecule has 2 atom stereocenters. The minimum Gasteiger partial charge on any atom is -0.347 e. The van der Waals surface area contributed by atoms with Crippen molar-refractivity contribution in [2.24, 2.45) is 5.92 Å². The summed E-state index contributed by atoms with van der Waals surface area (Å²) in [7, 11) is 0. The summed E-state index contributed by atoms with van der Waals surface area (Å²) in [4.78, 5) is 28.7. The summed E-state index contributed by atoms with van der Waals surface area (Å²) in [6.07, 6.45) is 5.68. The van der Waals surface area contributed by atoms with Gasteiger partial charge >= 0.3 is 0 Å². The first-order valence-corrected chi connectivity index (χ1v) is 8.61. The molecule has 0 radical (unpaired) electrons. The lowest BCUT2D eigenvalue weighted by Crippen LogP contribution is -2.47. The fourth-order valence-electron chi connectivity index (χ4n) is 3.57. The first-order chi connectivity index (χ1) is 10.8. The molecule has 1 N–H and O–H groups in total. The number of nitrogens with one attached hydrogen (secondary N) is 1. The summed E-state index contributed by atoms with van der Waals surface area (Å²) in [5, 5.41) is 2.04. The Labute approximate surface area is 133 Å². The average molecular weight is 317 g/mol. The molecule has 6 nitrogen and oxygen atoms in total. The van der Waals surface area contributed by atoms with E-state index in [1.54, 1.807) is 17.7 Å². The number of piperidine rings is 1. The molecule has 3 saturated heterocycles. The second kappa shape index (κ2) is 5.81. The van der Waals surface area contributed by atoms with Gasteiger partial charge in [0.1, 0.15) is 0 Å². The molecule has 116 valence electrons. The van der Waals surface area contributed by atoms with Gasteiger partial charge in [-0.1, -0.05) is 0 Å². The van der Waals surface area contributed by atoms with Gasteiger partial charge in [0.15, 0.2) is 0 Å². The Morgan fingerprint density at radius 3 is 3.05 bits per heavy atom. The third-order valence-corrected chi connectivity index (χ3v) is 5.27. The van der Waals surface area contributed by atoms with E-state index in [9.17, 15) is 4.79 Å². The smallest absolute Gasteiger partial charge is 0.227 e. The SMILES string of the molecule is O=C1[C@H]2CC[C@H](CN(Cc3cnc[nH]3)C2)N1Cc1cscn1. The van der Waals surface area contributed by atoms with Crippen LogP contribution in [0.5, 0.6) is 0 Å². The molecule has 3 aliphatic rings. The molecular formula is C15H19N5OS. The number of fused-ring (bicyclic) bond motifs is 4. The molecule has 3 aliphatic heterocycles. The summed E-state index contributed by atoms with van der Waals surface area (Å²) in [6, 6.07) is 0.302. The fourth-order valence-corrected chi connectivity index (χ4v) is 4.12. The highest BCUT2D eigenvalue weighted by atomic mass is 32.1. The zero-order valence-electron chi connectivity index (χ0n) is 12.3. The standard InChI is InChI=1S/C15H19N5OS/c21-15-11-1-2-14(20(15)6-13-8-22-10-18-13)7-19(4-11)5-12-3-16-9-17-12/h3,8-11,14H,1-2,4-7H2,(H,16,17)/t11-,14+/m0/s1. The maximum absolute atomic E-state index is 12.7. The Balaban J connectivity index is 1.51. The van der Waals surface area contributed by atoms with Crippen molar-refractivity contribution in [1.82, 2.24) is 24.8 Å². The number of amides is 1. The Morgan fingerprint density at radius 1 is 1.32 bits per heavy atom. The molecule has 0 unspecified atom stereocenters. The van der Waals surface area contributed by atoms with Crippen molar-refractivity contribution in [2.45, 2.75) is 32.0 Å². The first-order valence-electron chi connectivity index (χ1n) is 7.67. The lowest BCUT2D eigenvalue weighted by atomic mass is 9.94. The van der Waals surface area contributed by atoms with Crippen LogP contribution < -0.4 is 0 Å². The van der Waals surface area contributed by atoms with Crippen molar-refractivity contribution in [3.63, 3.8) is 0 Å². The number of carbonyl (C=O) groups is 1. The van der Waals surface area contributed by atoms with E-state index in [1.807, 2.05) is 17.1 Å². The normalized spacial score (nSPS) is 25.6. The zero-order chi connectivity index (χ0) is 14.9. The van der Waals surface area contributed by atoms with Crippen LogP contribution in [-0.4, -0.2) is 49.8 Å². The van der Waals surface area contributed by atoms with Gasteiger partial charge in [-0.2, -0.15) is 0 Å². The van der Waals surface area contributed by atoms with E-state index in [-0.39, 0.29) is 5.92 Å². The number of rotatable bonds is 4. The molecule has 0 spiro atoms. The molecular weight excluding hydrogens is 298 g/mol. The van der Waals surface area contributed by atoms with Gasteiger partial charge in [0.2, 0.25) is 5.91 Å². The molecule has 5 heterocycles. The summed E-state index contributed by atoms with van der Waals surface area (Å²) < 4.78 is 0. The van der Waals surface area contributed by atoms with Crippen LogP contribution in [0.25, 0.3) is 0 Å². The molecule has 1 amide bonds. The van der Waals surface area contributed by atoms with E-state index in [0.717, 1.165) is 43.9 Å². The number of hydrogen-bond acceptors (Lipinski definition) is 5. The molecule has 2 aromatic heterocycles. The molecule has 2 aromatic rings. The number of imidazole rings is 1. The van der Waals surface area contributed by atoms with Crippen LogP contribution >= 0.6 is 11.3 Å². The van der Waals surface area contributed by atoms with Crippen LogP contribution in [0.4, 0.5) is 0 Å². The average Bonchev–Trinajstić information content (AvgIpc) is 3.14. The monoisotopic (exact) mass is 317 g/mol. The van der Waals surface area contributed by atoms with E-state index in [0.29, 0.717) is 18.5 Å². The van der Waals surface area contributed by atoms with Gasteiger partial charge in [-0.05, 0) is 12.8 Å². The highest BCUT2D eigenvalue weighted by Crippen LogP contribution is 2.30. The molecule has 22 heavy (non-hydrogen) atoms. The number of hydrogen-bond donors (Lipinski definition) is 1. The number of H-pyrrole nitrogens is 1. The van der Waals surface area contributed by atoms with Crippen LogP contribution in [0.2, 0.25) is 0 Å². The summed E-state index contributed by atoms with van der Waals surface area (Å²) >= 11 is 1.59. The minimum atomic E-state index is 0.125. The fraction of sp³-hybridized carbons (Fsp3) is 0.533. The number of nitrogens with zero attached hydrogens (tertiary/aromatic N) is 4. The Morgan fingerprint density at radius 2 is 2.27 bits per heavy atom. The maximum Gasteiger partial charge on any atom is 0.227 e. The van der Waals surface area contributed by atoms with Crippen molar-refractivity contribution in [3.05, 3.63) is 34.8 Å². The van der Waals surface area contributed by atoms with Crippen LogP contribution in [0.15, 0.2) is 23.4 Å². The maximum atomic E-state index is 12.7. The predicted octanol–water partition coefficient (Wildman–Crippen LogP) is 1.49. The quantitative estimate of drug-likeness (QED) is 0.928. The number of aromatic nitrogens is 3. The van der Waals surface area contributed by atoms with Gasteiger partial charge < -0.3 is 9.88 Å². The summed E-state index contributed by atoms with van der Waals surface area (Å²) in [6.45, 7) is 3.28. The highest BCUT2D eigenvalue weighted by Gasteiger charge is 2.40. The first kappa shape index (κ1) is 13.9. The summed E-state index contributed by atoms with van der Waals surface area (Å²) in [5.41, 5.74) is 3.95. The number of carbonyl (C=O) groups excluding carboxylic acids is 1. The number of thiazole rings is 1. The minimum absolute atomic E-state index is 0.125. The molecule has 3 fully saturated rings. The second-order valence-corrected chi connectivity index (χ2v) is 6.86. The zero-order valence-corrected chi connectivity index (χ0v) is 13.1. The van der Waals surface area contributed by atoms with Gasteiger partial charge in [0.05, 0.1) is 30.0 Å². The Hall–Kier alpha value is -1.73. The van der Waals surface area contributed by atoms with Crippen LogP contribution in [-0.2, 0) is 17.9 Å². The van der Waals surface area contributed by atoms with Gasteiger partial charge in [-0.25, -0.2) is 9.97 Å². The lowest BCUT2D eigenvalue weighted by Gasteiger charge is -2.35. The highest BCUT2D eigenvalue weighted by molar-refractivity contribution is 7.07. The van der Waals surface area contributed by atoms with Crippen LogP contribution in [0, 0.1) is 5.92 Å². The van der Waals surface area contributed by atoms with Crippen molar-refractivity contribution >= 4 is 17.2 Å². The van der Waals surface area contributed by atoms with Crippen molar-refractivity contribution in [1.29, 1.82) is 0 Å². The number of aromatic amines is 1. The van der Waals surface area contributed by atoms with Crippen LogP contribution in [0.3, 0.4) is 0 Å². The molecule has 0 aliphatic carbocycles. The predicted molar refractivity (Wildman–Crippen MR) is 83.0 cm³/mol. The Bertz CT molecular complexity index is 626. The van der Waals surface area contributed by atoms with Crippen molar-refractivity contribution in [3.8, 4) is 0 Å². The topological polar surface area (TPSA) is 65.1 Å². The molecule has 7 heteroatoms. The van der Waals surface area contributed by atoms with Crippen molar-refractivity contribution in [2.75, 3.05) is 13.1 Å². The lowest BCUT2D eigenvalue weighted by molar-refractivity contribution is -0.140. The van der Waals surface area contributed by atoms with E-state index in [4.69, 9.17) is 0 Å². The van der Waals surface area contributed by atoms with Crippen molar-refractivity contribution < 1.29 is 4.79 Å². The van der Waals surface area contributed by atoms with Gasteiger partial charge in [0, 0.05) is 42.9 Å². The van der Waals surface area contributed by atoms with Gasteiger partial charge in [-0.15, -0.1) is 11.3 Å². The third kappa shape index (κ3) is 2.66. The molecule has 0 saturated carbocycles. The molecule has 0 aromatic carbocycles. The van der Waals surface area contributed by atoms with E-state index < -0.39 is 0 Å². The van der Waals surface area contributed by atoms with E-state index >= 15 is 0 Å².